The second kappa shape index (κ2) is 4.51. The maximum Gasteiger partial charge on any atom is 0.181 e. The van der Waals surface area contributed by atoms with E-state index in [2.05, 4.69) is 31.1 Å². The molecule has 3 nitrogen and oxygen atoms in total. The largest absolute Gasteiger partial charge is 0.262 e. The van der Waals surface area contributed by atoms with E-state index in [0.29, 0.717) is 22.6 Å². The molecule has 0 saturated heterocycles. The molecule has 0 spiro atoms. The highest BCUT2D eigenvalue weighted by molar-refractivity contribution is 9.10. The van der Waals surface area contributed by atoms with E-state index in [9.17, 15) is 0 Å². The summed E-state index contributed by atoms with van der Waals surface area (Å²) in [4.78, 5) is 4.21. The molecule has 0 unspecified atom stereocenters. The van der Waals surface area contributed by atoms with E-state index in [-0.39, 0.29) is 0 Å². The minimum absolute atomic E-state index is 0.321. The van der Waals surface area contributed by atoms with E-state index in [1.54, 1.807) is 6.07 Å². The summed E-state index contributed by atoms with van der Waals surface area (Å²) in [5, 5.41) is 7.45. The van der Waals surface area contributed by atoms with Gasteiger partial charge in [0.2, 0.25) is 0 Å². The normalized spacial score (nSPS) is 10.6. The summed E-state index contributed by atoms with van der Waals surface area (Å²) in [6.07, 6.45) is 0. The molecule has 2 aromatic rings. The van der Waals surface area contributed by atoms with Gasteiger partial charge in [-0.15, -0.1) is 11.6 Å². The number of benzene rings is 1. The van der Waals surface area contributed by atoms with E-state index in [1.807, 2.05) is 12.1 Å². The molecule has 0 aliphatic rings. The molecule has 0 fully saturated rings. The number of alkyl halides is 1. The maximum absolute atomic E-state index is 5.88. The summed E-state index contributed by atoms with van der Waals surface area (Å²) in [5.74, 6) is 1.59. The Morgan fingerprint density at radius 2 is 2.20 bits per heavy atom. The van der Waals surface area contributed by atoms with E-state index in [4.69, 9.17) is 23.2 Å². The molecule has 2 rings (SSSR count). The molecule has 0 amide bonds. The number of aromatic amines is 1. The van der Waals surface area contributed by atoms with Crippen molar-refractivity contribution in [3.05, 3.63) is 33.5 Å². The molecule has 0 bridgehead atoms. The van der Waals surface area contributed by atoms with Crippen LogP contribution in [0.3, 0.4) is 0 Å². The van der Waals surface area contributed by atoms with Crippen LogP contribution in [0.2, 0.25) is 5.02 Å². The molecule has 1 heterocycles. The van der Waals surface area contributed by atoms with Crippen molar-refractivity contribution in [2.75, 3.05) is 0 Å². The lowest BCUT2D eigenvalue weighted by atomic mass is 10.2. The highest BCUT2D eigenvalue weighted by atomic mass is 79.9. The van der Waals surface area contributed by atoms with Crippen molar-refractivity contribution < 1.29 is 0 Å². The summed E-state index contributed by atoms with van der Waals surface area (Å²) in [7, 11) is 0. The zero-order valence-electron chi connectivity index (χ0n) is 7.47. The molecule has 0 saturated carbocycles. The van der Waals surface area contributed by atoms with Gasteiger partial charge in [0.15, 0.2) is 5.82 Å². The molecule has 1 aromatic carbocycles. The third-order valence-electron chi connectivity index (χ3n) is 1.84. The number of nitrogens with one attached hydrogen (secondary N) is 1. The van der Waals surface area contributed by atoms with E-state index in [1.165, 1.54) is 0 Å². The Labute approximate surface area is 105 Å². The smallest absolute Gasteiger partial charge is 0.181 e. The van der Waals surface area contributed by atoms with Gasteiger partial charge in [-0.05, 0) is 34.1 Å². The van der Waals surface area contributed by atoms with Crippen LogP contribution < -0.4 is 0 Å². The van der Waals surface area contributed by atoms with Gasteiger partial charge in [0.05, 0.1) is 10.9 Å². The summed E-state index contributed by atoms with van der Waals surface area (Å²) in [5.41, 5.74) is 0.888. The van der Waals surface area contributed by atoms with E-state index >= 15 is 0 Å². The van der Waals surface area contributed by atoms with E-state index in [0.717, 1.165) is 10.0 Å². The van der Waals surface area contributed by atoms with Gasteiger partial charge in [0, 0.05) is 10.0 Å². The number of halogens is 3. The molecule has 1 aromatic heterocycles. The number of hydrogen-bond donors (Lipinski definition) is 1. The molecule has 6 heteroatoms. The molecular weight excluding hydrogens is 301 g/mol. The van der Waals surface area contributed by atoms with Crippen LogP contribution >= 0.6 is 39.1 Å². The van der Waals surface area contributed by atoms with Gasteiger partial charge in [-0.3, -0.25) is 5.10 Å². The Balaban J connectivity index is 2.40. The lowest BCUT2D eigenvalue weighted by Crippen LogP contribution is -1.82. The van der Waals surface area contributed by atoms with Gasteiger partial charge in [0.25, 0.3) is 0 Å². The first-order valence-corrected chi connectivity index (χ1v) is 5.84. The minimum atomic E-state index is 0.321. The fourth-order valence-electron chi connectivity index (χ4n) is 1.12. The van der Waals surface area contributed by atoms with Crippen LogP contribution in [-0.2, 0) is 5.88 Å². The zero-order chi connectivity index (χ0) is 10.8. The second-order valence-electron chi connectivity index (χ2n) is 2.87. The molecular formula is C9H6BrCl2N3. The fourth-order valence-corrected chi connectivity index (χ4v) is 1.74. The lowest BCUT2D eigenvalue weighted by Gasteiger charge is -1.98. The number of nitrogens with zero attached hydrogens (tertiary/aromatic N) is 2. The van der Waals surface area contributed by atoms with Crippen LogP contribution in [-0.4, -0.2) is 15.2 Å². The third kappa shape index (κ3) is 2.33. The minimum Gasteiger partial charge on any atom is -0.262 e. The quantitative estimate of drug-likeness (QED) is 0.861. The Morgan fingerprint density at radius 1 is 1.40 bits per heavy atom. The Kier molecular flexibility index (Phi) is 3.29. The van der Waals surface area contributed by atoms with Crippen molar-refractivity contribution in [3.8, 4) is 11.4 Å². The maximum atomic E-state index is 5.88. The number of aromatic nitrogens is 3. The lowest BCUT2D eigenvalue weighted by molar-refractivity contribution is 1.02. The van der Waals surface area contributed by atoms with Crippen molar-refractivity contribution >= 4 is 39.1 Å². The highest BCUT2D eigenvalue weighted by Gasteiger charge is 2.06. The van der Waals surface area contributed by atoms with Crippen LogP contribution in [0.1, 0.15) is 5.82 Å². The SMILES string of the molecule is ClCc1nc(-c2ccc(Cl)c(Br)c2)n[nH]1. The first kappa shape index (κ1) is 10.9. The summed E-state index contributed by atoms with van der Waals surface area (Å²) >= 11 is 14.8. The van der Waals surface area contributed by atoms with Crippen molar-refractivity contribution in [1.29, 1.82) is 0 Å². The Hall–Kier alpha value is -0.580. The van der Waals surface area contributed by atoms with Crippen molar-refractivity contribution in [1.82, 2.24) is 15.2 Å². The number of hydrogen-bond acceptors (Lipinski definition) is 2. The van der Waals surface area contributed by atoms with Crippen LogP contribution in [0.4, 0.5) is 0 Å². The summed E-state index contributed by atoms with van der Waals surface area (Å²) < 4.78 is 0.818. The first-order chi connectivity index (χ1) is 7.20. The predicted molar refractivity (Wildman–Crippen MR) is 64.1 cm³/mol. The Bertz CT molecular complexity index is 484. The van der Waals surface area contributed by atoms with Crippen molar-refractivity contribution in [3.63, 3.8) is 0 Å². The molecule has 1 N–H and O–H groups in total. The van der Waals surface area contributed by atoms with Gasteiger partial charge in [0.1, 0.15) is 5.82 Å². The molecule has 0 aliphatic carbocycles. The average molecular weight is 307 g/mol. The van der Waals surface area contributed by atoms with Crippen LogP contribution in [0.25, 0.3) is 11.4 Å². The number of H-pyrrole nitrogens is 1. The van der Waals surface area contributed by atoms with Gasteiger partial charge >= 0.3 is 0 Å². The van der Waals surface area contributed by atoms with Crippen molar-refractivity contribution in [2.24, 2.45) is 0 Å². The molecule has 0 aliphatic heterocycles. The third-order valence-corrected chi connectivity index (χ3v) is 3.30. The molecule has 15 heavy (non-hydrogen) atoms. The highest BCUT2D eigenvalue weighted by Crippen LogP contribution is 2.27. The summed E-state index contributed by atoms with van der Waals surface area (Å²) in [6.45, 7) is 0. The van der Waals surface area contributed by atoms with Gasteiger partial charge in [-0.25, -0.2) is 4.98 Å². The predicted octanol–water partition coefficient (Wildman–Crippen LogP) is 3.63. The zero-order valence-corrected chi connectivity index (χ0v) is 10.6. The fraction of sp³-hybridized carbons (Fsp3) is 0.111. The van der Waals surface area contributed by atoms with Crippen molar-refractivity contribution in [2.45, 2.75) is 5.88 Å². The monoisotopic (exact) mass is 305 g/mol. The topological polar surface area (TPSA) is 41.6 Å². The summed E-state index contributed by atoms with van der Waals surface area (Å²) in [6, 6.07) is 5.51. The first-order valence-electron chi connectivity index (χ1n) is 4.13. The second-order valence-corrected chi connectivity index (χ2v) is 4.40. The van der Waals surface area contributed by atoms with E-state index < -0.39 is 0 Å². The average Bonchev–Trinajstić information content (AvgIpc) is 2.70. The van der Waals surface area contributed by atoms with Crippen LogP contribution in [0.15, 0.2) is 22.7 Å². The van der Waals surface area contributed by atoms with Gasteiger partial charge in [-0.2, -0.15) is 5.10 Å². The standard InChI is InChI=1S/C9H6BrCl2N3/c10-6-3-5(1-2-7(6)12)9-13-8(4-11)14-15-9/h1-3H,4H2,(H,13,14,15). The number of rotatable bonds is 2. The molecule has 0 atom stereocenters. The Morgan fingerprint density at radius 3 is 2.80 bits per heavy atom. The van der Waals surface area contributed by atoms with Crippen LogP contribution in [0.5, 0.6) is 0 Å². The molecule has 78 valence electrons. The van der Waals surface area contributed by atoms with Gasteiger partial charge in [-0.1, -0.05) is 11.6 Å². The van der Waals surface area contributed by atoms with Gasteiger partial charge < -0.3 is 0 Å². The molecule has 0 radical (unpaired) electrons. The van der Waals surface area contributed by atoms with Crippen LogP contribution in [0, 0.1) is 0 Å².